The maximum atomic E-state index is 12.5. The standard InChI is InChI=1S/C15H13BrN4OS2/c16-12-8-10(9-22-12)14(21)19-4-6-20(7-5-19)15-18-11-2-1-3-17-13(11)23-15/h1-3,8-9H,4-7H2. The van der Waals surface area contributed by atoms with Crippen molar-refractivity contribution in [3.05, 3.63) is 39.1 Å². The van der Waals surface area contributed by atoms with Crippen LogP contribution in [-0.2, 0) is 0 Å². The molecule has 1 aliphatic rings. The zero-order valence-corrected chi connectivity index (χ0v) is 15.3. The monoisotopic (exact) mass is 408 g/mol. The Hall–Kier alpha value is -1.51. The molecule has 23 heavy (non-hydrogen) atoms. The summed E-state index contributed by atoms with van der Waals surface area (Å²) in [7, 11) is 0. The highest BCUT2D eigenvalue weighted by Gasteiger charge is 2.24. The van der Waals surface area contributed by atoms with Crippen molar-refractivity contribution in [3.8, 4) is 0 Å². The number of rotatable bonds is 2. The van der Waals surface area contributed by atoms with E-state index in [0.717, 1.165) is 51.0 Å². The van der Waals surface area contributed by atoms with E-state index in [1.165, 1.54) is 11.3 Å². The van der Waals surface area contributed by atoms with Crippen LogP contribution in [0.5, 0.6) is 0 Å². The Morgan fingerprint density at radius 2 is 2.09 bits per heavy atom. The topological polar surface area (TPSA) is 49.3 Å². The predicted octanol–water partition coefficient (Wildman–Crippen LogP) is 3.48. The number of pyridine rings is 1. The number of thiazole rings is 1. The third-order valence-corrected chi connectivity index (χ3v) is 6.35. The third-order valence-electron chi connectivity index (χ3n) is 3.81. The maximum Gasteiger partial charge on any atom is 0.254 e. The van der Waals surface area contributed by atoms with E-state index in [9.17, 15) is 4.79 Å². The predicted molar refractivity (Wildman–Crippen MR) is 97.6 cm³/mol. The number of nitrogens with zero attached hydrogens (tertiary/aromatic N) is 4. The first-order valence-electron chi connectivity index (χ1n) is 7.20. The van der Waals surface area contributed by atoms with Gasteiger partial charge in [0.2, 0.25) is 0 Å². The second kappa shape index (κ2) is 6.18. The van der Waals surface area contributed by atoms with Gasteiger partial charge in [-0.15, -0.1) is 11.3 Å². The molecule has 3 aromatic heterocycles. The number of hydrogen-bond acceptors (Lipinski definition) is 6. The molecule has 0 unspecified atom stereocenters. The number of amides is 1. The molecule has 4 heterocycles. The highest BCUT2D eigenvalue weighted by atomic mass is 79.9. The Morgan fingerprint density at radius 3 is 2.78 bits per heavy atom. The average molecular weight is 409 g/mol. The smallest absolute Gasteiger partial charge is 0.254 e. The fourth-order valence-corrected chi connectivity index (χ4v) is 4.69. The number of carbonyl (C=O) groups excluding carboxylic acids is 1. The first-order valence-corrected chi connectivity index (χ1v) is 9.69. The van der Waals surface area contributed by atoms with Crippen molar-refractivity contribution in [1.82, 2.24) is 14.9 Å². The zero-order valence-electron chi connectivity index (χ0n) is 12.1. The van der Waals surface area contributed by atoms with Gasteiger partial charge in [0.05, 0.1) is 9.35 Å². The van der Waals surface area contributed by atoms with Crippen molar-refractivity contribution >= 4 is 60.0 Å². The Morgan fingerprint density at radius 1 is 1.26 bits per heavy atom. The van der Waals surface area contributed by atoms with Gasteiger partial charge in [-0.1, -0.05) is 11.3 Å². The second-order valence-corrected chi connectivity index (χ2v) is 8.49. The van der Waals surface area contributed by atoms with Crippen LogP contribution >= 0.6 is 38.6 Å². The van der Waals surface area contributed by atoms with Crippen molar-refractivity contribution in [3.63, 3.8) is 0 Å². The lowest BCUT2D eigenvalue weighted by Crippen LogP contribution is -2.48. The van der Waals surface area contributed by atoms with Crippen molar-refractivity contribution in [2.24, 2.45) is 0 Å². The largest absolute Gasteiger partial charge is 0.344 e. The van der Waals surface area contributed by atoms with Gasteiger partial charge in [-0.2, -0.15) is 0 Å². The van der Waals surface area contributed by atoms with Gasteiger partial charge in [-0.25, -0.2) is 9.97 Å². The molecule has 0 spiro atoms. The summed E-state index contributed by atoms with van der Waals surface area (Å²) in [6.07, 6.45) is 1.79. The van der Waals surface area contributed by atoms with E-state index in [0.29, 0.717) is 0 Å². The summed E-state index contributed by atoms with van der Waals surface area (Å²) in [5, 5.41) is 2.89. The van der Waals surface area contributed by atoms with Gasteiger partial charge in [0.25, 0.3) is 5.91 Å². The Bertz CT molecular complexity index is 821. The molecule has 0 saturated carbocycles. The molecule has 0 atom stereocenters. The van der Waals surface area contributed by atoms with Crippen molar-refractivity contribution < 1.29 is 4.79 Å². The molecule has 0 aliphatic carbocycles. The number of halogens is 1. The lowest BCUT2D eigenvalue weighted by atomic mass is 10.2. The van der Waals surface area contributed by atoms with Crippen LogP contribution in [0.15, 0.2) is 33.6 Å². The summed E-state index contributed by atoms with van der Waals surface area (Å²) < 4.78 is 0.987. The van der Waals surface area contributed by atoms with Gasteiger partial charge in [-0.3, -0.25) is 4.79 Å². The second-order valence-electron chi connectivity index (χ2n) is 5.24. The van der Waals surface area contributed by atoms with Gasteiger partial charge in [0, 0.05) is 37.8 Å². The van der Waals surface area contributed by atoms with Gasteiger partial charge in [-0.05, 0) is 34.1 Å². The number of thiophene rings is 1. The maximum absolute atomic E-state index is 12.5. The number of anilines is 1. The number of aromatic nitrogens is 2. The number of hydrogen-bond donors (Lipinski definition) is 0. The van der Waals surface area contributed by atoms with Crippen molar-refractivity contribution in [1.29, 1.82) is 0 Å². The minimum Gasteiger partial charge on any atom is -0.344 e. The van der Waals surface area contributed by atoms with Crippen LogP contribution in [-0.4, -0.2) is 47.0 Å². The van der Waals surface area contributed by atoms with Crippen LogP contribution < -0.4 is 4.90 Å². The van der Waals surface area contributed by atoms with E-state index in [1.807, 2.05) is 28.5 Å². The average Bonchev–Trinajstić information content (AvgIpc) is 3.20. The van der Waals surface area contributed by atoms with Crippen LogP contribution in [0.3, 0.4) is 0 Å². The number of carbonyl (C=O) groups is 1. The van der Waals surface area contributed by atoms with Crippen molar-refractivity contribution in [2.45, 2.75) is 0 Å². The van der Waals surface area contributed by atoms with E-state index >= 15 is 0 Å². The quantitative estimate of drug-likeness (QED) is 0.651. The van der Waals surface area contributed by atoms with Gasteiger partial charge < -0.3 is 9.80 Å². The Balaban J connectivity index is 1.45. The molecule has 0 bridgehead atoms. The van der Waals surface area contributed by atoms with Crippen LogP contribution in [0.2, 0.25) is 0 Å². The van der Waals surface area contributed by atoms with E-state index in [-0.39, 0.29) is 5.91 Å². The van der Waals surface area contributed by atoms with Crippen LogP contribution in [0.25, 0.3) is 10.3 Å². The molecule has 4 rings (SSSR count). The molecule has 0 aromatic carbocycles. The van der Waals surface area contributed by atoms with E-state index in [4.69, 9.17) is 0 Å². The number of fused-ring (bicyclic) bond motifs is 1. The van der Waals surface area contributed by atoms with Crippen LogP contribution in [0, 0.1) is 0 Å². The van der Waals surface area contributed by atoms with E-state index < -0.39 is 0 Å². The molecule has 1 fully saturated rings. The molecule has 0 N–H and O–H groups in total. The molecular weight excluding hydrogens is 396 g/mol. The lowest BCUT2D eigenvalue weighted by Gasteiger charge is -2.34. The van der Waals surface area contributed by atoms with E-state index in [2.05, 4.69) is 30.8 Å². The summed E-state index contributed by atoms with van der Waals surface area (Å²) in [5.74, 6) is 0.109. The molecule has 3 aromatic rings. The summed E-state index contributed by atoms with van der Waals surface area (Å²) in [4.78, 5) is 26.6. The highest BCUT2D eigenvalue weighted by Crippen LogP contribution is 2.28. The minimum atomic E-state index is 0.109. The molecule has 1 aliphatic heterocycles. The van der Waals surface area contributed by atoms with Crippen LogP contribution in [0.4, 0.5) is 5.13 Å². The number of piperazine rings is 1. The Labute approximate surface area is 149 Å². The van der Waals surface area contributed by atoms with Gasteiger partial charge in [0.1, 0.15) is 10.3 Å². The van der Waals surface area contributed by atoms with Gasteiger partial charge >= 0.3 is 0 Å². The summed E-state index contributed by atoms with van der Waals surface area (Å²) in [6.45, 7) is 3.04. The summed E-state index contributed by atoms with van der Waals surface area (Å²) >= 11 is 6.56. The van der Waals surface area contributed by atoms with E-state index in [1.54, 1.807) is 17.5 Å². The first kappa shape index (κ1) is 15.0. The van der Waals surface area contributed by atoms with Crippen molar-refractivity contribution in [2.75, 3.05) is 31.1 Å². The molecule has 1 amide bonds. The van der Waals surface area contributed by atoms with Gasteiger partial charge in [0.15, 0.2) is 5.13 Å². The fourth-order valence-electron chi connectivity index (χ4n) is 2.60. The summed E-state index contributed by atoms with van der Waals surface area (Å²) in [5.41, 5.74) is 1.70. The zero-order chi connectivity index (χ0) is 15.8. The molecule has 5 nitrogen and oxygen atoms in total. The SMILES string of the molecule is O=C(c1csc(Br)c1)N1CCN(c2nc3cccnc3s2)CC1. The molecular formula is C15H13BrN4OS2. The molecule has 1 saturated heterocycles. The highest BCUT2D eigenvalue weighted by molar-refractivity contribution is 9.11. The lowest BCUT2D eigenvalue weighted by molar-refractivity contribution is 0.0747. The first-order chi connectivity index (χ1) is 11.2. The molecule has 118 valence electrons. The molecule has 8 heteroatoms. The third kappa shape index (κ3) is 2.98. The minimum absolute atomic E-state index is 0.109. The molecule has 0 radical (unpaired) electrons. The van der Waals surface area contributed by atoms with Crippen LogP contribution in [0.1, 0.15) is 10.4 Å². The summed E-state index contributed by atoms with van der Waals surface area (Å²) in [6, 6.07) is 5.77. The fraction of sp³-hybridized carbons (Fsp3) is 0.267. The Kier molecular flexibility index (Phi) is 4.04. The normalized spacial score (nSPS) is 15.3.